The average Bonchev–Trinajstić information content (AvgIpc) is 2.62. The van der Waals surface area contributed by atoms with E-state index in [2.05, 4.69) is 19.1 Å². The maximum atomic E-state index is 10.2. The van der Waals surface area contributed by atoms with E-state index in [-0.39, 0.29) is 0 Å². The first kappa shape index (κ1) is 22.9. The standard InChI is InChI=1S/C24H28O2/c1-2-3-4-5-6-7-8-9-10-11-12-13-14-15-16-17-18-19-20-21-22-23-24(25)26/h4-23H,2-3H2,1H3,(H,25,26)/b5-4+,7-6+,9-8+,11-10+,13-12+,15-14+,17-16+,19-18+,21-20+,23-22+. The lowest BCUT2D eigenvalue weighted by molar-refractivity contribution is -0.131. The van der Waals surface area contributed by atoms with Crippen molar-refractivity contribution in [2.24, 2.45) is 0 Å². The van der Waals surface area contributed by atoms with Gasteiger partial charge in [0.2, 0.25) is 0 Å². The smallest absolute Gasteiger partial charge is 0.328 e. The van der Waals surface area contributed by atoms with Crippen LogP contribution in [0, 0.1) is 0 Å². The minimum Gasteiger partial charge on any atom is -0.478 e. The molecule has 0 saturated heterocycles. The van der Waals surface area contributed by atoms with Crippen molar-refractivity contribution in [2.45, 2.75) is 19.8 Å². The third-order valence-electron chi connectivity index (χ3n) is 2.72. The first-order chi connectivity index (χ1) is 12.8. The highest BCUT2D eigenvalue weighted by molar-refractivity contribution is 5.80. The zero-order valence-electron chi connectivity index (χ0n) is 15.3. The summed E-state index contributed by atoms with van der Waals surface area (Å²) in [7, 11) is 0. The van der Waals surface area contributed by atoms with E-state index < -0.39 is 5.97 Å². The SMILES string of the molecule is CCC/C=C/C=C/C=C/C=C/C=C/C=C/C=C/C=C/C=C/C=C/C(=O)O. The van der Waals surface area contributed by atoms with Crippen molar-refractivity contribution in [3.05, 3.63) is 122 Å². The molecule has 0 aliphatic carbocycles. The Hall–Kier alpha value is -3.13. The summed E-state index contributed by atoms with van der Waals surface area (Å²) in [6.45, 7) is 2.17. The van der Waals surface area contributed by atoms with Crippen molar-refractivity contribution < 1.29 is 9.90 Å². The molecule has 0 spiro atoms. The van der Waals surface area contributed by atoms with Crippen LogP contribution in [0.2, 0.25) is 0 Å². The summed E-state index contributed by atoms with van der Waals surface area (Å²) in [4.78, 5) is 10.2. The van der Waals surface area contributed by atoms with Crippen molar-refractivity contribution in [1.82, 2.24) is 0 Å². The molecule has 2 heteroatoms. The highest BCUT2D eigenvalue weighted by Gasteiger charge is 1.79. The molecule has 0 unspecified atom stereocenters. The lowest BCUT2D eigenvalue weighted by Crippen LogP contribution is -1.84. The zero-order chi connectivity index (χ0) is 19.1. The lowest BCUT2D eigenvalue weighted by Gasteiger charge is -1.79. The van der Waals surface area contributed by atoms with E-state index in [1.165, 1.54) is 12.5 Å². The normalized spacial score (nSPS) is 14.2. The molecule has 0 radical (unpaired) electrons. The molecule has 136 valence electrons. The minimum atomic E-state index is -0.949. The van der Waals surface area contributed by atoms with Crippen LogP contribution in [0.5, 0.6) is 0 Å². The predicted octanol–water partition coefficient (Wildman–Crippen LogP) is 6.43. The molecular weight excluding hydrogens is 320 g/mol. The van der Waals surface area contributed by atoms with Crippen molar-refractivity contribution >= 4 is 5.97 Å². The second kappa shape index (κ2) is 19.9. The number of carboxylic acid groups (broad SMARTS) is 1. The Labute approximate surface area is 157 Å². The van der Waals surface area contributed by atoms with E-state index in [4.69, 9.17) is 5.11 Å². The lowest BCUT2D eigenvalue weighted by atomic mass is 10.3. The van der Waals surface area contributed by atoms with Gasteiger partial charge in [-0.15, -0.1) is 0 Å². The van der Waals surface area contributed by atoms with Gasteiger partial charge in [0.1, 0.15) is 0 Å². The highest BCUT2D eigenvalue weighted by atomic mass is 16.4. The number of unbranched alkanes of at least 4 members (excludes halogenated alkanes) is 1. The monoisotopic (exact) mass is 348 g/mol. The molecule has 0 saturated carbocycles. The Kier molecular flexibility index (Phi) is 17.5. The molecule has 0 rings (SSSR count). The number of allylic oxidation sites excluding steroid dienone is 19. The van der Waals surface area contributed by atoms with Crippen LogP contribution in [0.4, 0.5) is 0 Å². The fourth-order valence-corrected chi connectivity index (χ4v) is 1.51. The van der Waals surface area contributed by atoms with Gasteiger partial charge >= 0.3 is 5.97 Å². The number of aliphatic carboxylic acids is 1. The van der Waals surface area contributed by atoms with Gasteiger partial charge in [-0.25, -0.2) is 4.79 Å². The summed E-state index contributed by atoms with van der Waals surface area (Å²) < 4.78 is 0. The molecule has 0 atom stereocenters. The minimum absolute atomic E-state index is 0.949. The quantitative estimate of drug-likeness (QED) is 0.326. The van der Waals surface area contributed by atoms with Crippen molar-refractivity contribution in [3.63, 3.8) is 0 Å². The van der Waals surface area contributed by atoms with Gasteiger partial charge in [0.25, 0.3) is 0 Å². The van der Waals surface area contributed by atoms with Gasteiger partial charge in [-0.05, 0) is 6.42 Å². The summed E-state index contributed by atoms with van der Waals surface area (Å²) in [5, 5.41) is 8.40. The third kappa shape index (κ3) is 20.9. The topological polar surface area (TPSA) is 37.3 Å². The van der Waals surface area contributed by atoms with E-state index in [1.54, 1.807) is 12.2 Å². The Balaban J connectivity index is 3.91. The van der Waals surface area contributed by atoms with Crippen LogP contribution < -0.4 is 0 Å². The Bertz CT molecular complexity index is 646. The predicted molar refractivity (Wildman–Crippen MR) is 114 cm³/mol. The van der Waals surface area contributed by atoms with E-state index in [9.17, 15) is 4.79 Å². The van der Waals surface area contributed by atoms with Gasteiger partial charge in [0.15, 0.2) is 0 Å². The van der Waals surface area contributed by atoms with E-state index in [1.807, 2.05) is 85.1 Å². The molecule has 0 amide bonds. The Morgan fingerprint density at radius 3 is 1.19 bits per heavy atom. The fourth-order valence-electron chi connectivity index (χ4n) is 1.51. The number of rotatable bonds is 12. The zero-order valence-corrected chi connectivity index (χ0v) is 15.3. The van der Waals surface area contributed by atoms with Crippen LogP contribution >= 0.6 is 0 Å². The van der Waals surface area contributed by atoms with Crippen molar-refractivity contribution in [1.29, 1.82) is 0 Å². The average molecular weight is 348 g/mol. The molecule has 0 fully saturated rings. The van der Waals surface area contributed by atoms with Crippen LogP contribution in [-0.4, -0.2) is 11.1 Å². The summed E-state index contributed by atoms with van der Waals surface area (Å²) in [6, 6.07) is 0. The van der Waals surface area contributed by atoms with Gasteiger partial charge in [-0.2, -0.15) is 0 Å². The Morgan fingerprint density at radius 2 is 0.885 bits per heavy atom. The summed E-state index contributed by atoms with van der Waals surface area (Å²) in [5.41, 5.74) is 0. The summed E-state index contributed by atoms with van der Waals surface area (Å²) in [6.07, 6.45) is 39.8. The van der Waals surface area contributed by atoms with Crippen molar-refractivity contribution in [2.75, 3.05) is 0 Å². The molecule has 0 aliphatic rings. The molecule has 26 heavy (non-hydrogen) atoms. The molecule has 0 aliphatic heterocycles. The first-order valence-electron chi connectivity index (χ1n) is 8.67. The largest absolute Gasteiger partial charge is 0.478 e. The van der Waals surface area contributed by atoms with Crippen LogP contribution in [-0.2, 0) is 4.79 Å². The summed E-state index contributed by atoms with van der Waals surface area (Å²) >= 11 is 0. The van der Waals surface area contributed by atoms with Gasteiger partial charge in [-0.3, -0.25) is 0 Å². The number of carboxylic acids is 1. The molecule has 0 aromatic carbocycles. The molecule has 2 nitrogen and oxygen atoms in total. The highest BCUT2D eigenvalue weighted by Crippen LogP contribution is 1.90. The van der Waals surface area contributed by atoms with Crippen LogP contribution in [0.15, 0.2) is 122 Å². The van der Waals surface area contributed by atoms with E-state index in [0.29, 0.717) is 0 Å². The maximum absolute atomic E-state index is 10.2. The van der Waals surface area contributed by atoms with Gasteiger partial charge < -0.3 is 5.11 Å². The third-order valence-corrected chi connectivity index (χ3v) is 2.72. The molecule has 0 heterocycles. The first-order valence-corrected chi connectivity index (χ1v) is 8.67. The van der Waals surface area contributed by atoms with Crippen LogP contribution in [0.1, 0.15) is 19.8 Å². The van der Waals surface area contributed by atoms with Gasteiger partial charge in [0.05, 0.1) is 0 Å². The number of carbonyl (C=O) groups is 1. The van der Waals surface area contributed by atoms with E-state index in [0.717, 1.165) is 12.5 Å². The molecule has 1 N–H and O–H groups in total. The van der Waals surface area contributed by atoms with E-state index >= 15 is 0 Å². The maximum Gasteiger partial charge on any atom is 0.328 e. The fraction of sp³-hybridized carbons (Fsp3) is 0.125. The molecule has 0 bridgehead atoms. The van der Waals surface area contributed by atoms with Crippen molar-refractivity contribution in [3.8, 4) is 0 Å². The van der Waals surface area contributed by atoms with Crippen LogP contribution in [0.25, 0.3) is 0 Å². The molecule has 0 aromatic rings. The second-order valence-corrected chi connectivity index (χ2v) is 4.99. The Morgan fingerprint density at radius 1 is 0.577 bits per heavy atom. The van der Waals surface area contributed by atoms with Gasteiger partial charge in [-0.1, -0.05) is 129 Å². The summed E-state index contributed by atoms with van der Waals surface area (Å²) in [5.74, 6) is -0.949. The second-order valence-electron chi connectivity index (χ2n) is 4.99. The number of hydrogen-bond acceptors (Lipinski definition) is 1. The number of hydrogen-bond donors (Lipinski definition) is 1. The van der Waals surface area contributed by atoms with Crippen LogP contribution in [0.3, 0.4) is 0 Å². The van der Waals surface area contributed by atoms with Gasteiger partial charge in [0, 0.05) is 6.08 Å². The molecule has 0 aromatic heterocycles. The molecular formula is C24H28O2.